The molecule has 0 saturated carbocycles. The van der Waals surface area contributed by atoms with Crippen LogP contribution in [-0.4, -0.2) is 17.1 Å². The van der Waals surface area contributed by atoms with Gasteiger partial charge in [-0.15, -0.1) is 0 Å². The zero-order chi connectivity index (χ0) is 17.7. The van der Waals surface area contributed by atoms with Crippen molar-refractivity contribution in [2.24, 2.45) is 0 Å². The van der Waals surface area contributed by atoms with Gasteiger partial charge in [-0.25, -0.2) is 0 Å². The van der Waals surface area contributed by atoms with Gasteiger partial charge in [-0.05, 0) is 43.7 Å². The van der Waals surface area contributed by atoms with Gasteiger partial charge in [0.15, 0.2) is 5.75 Å². The summed E-state index contributed by atoms with van der Waals surface area (Å²) in [5, 5.41) is 3.50. The predicted molar refractivity (Wildman–Crippen MR) is 96.3 cm³/mol. The van der Waals surface area contributed by atoms with Crippen LogP contribution in [0.1, 0.15) is 26.3 Å². The molecular formula is C17H18Cl2N2O3. The van der Waals surface area contributed by atoms with Crippen LogP contribution >= 0.6 is 23.2 Å². The standard InChI is InChI=1S/C17H18Cl2N2O3/c1-3-9-24-15-5-4-8-21(17(15)23)11(2)16(22)20-14-10-12(18)6-7-13(14)19/h4-8,10-11H,3,9H2,1-2H3,(H,20,22). The van der Waals surface area contributed by atoms with Crippen molar-refractivity contribution in [1.82, 2.24) is 4.57 Å². The second-order valence-corrected chi connectivity index (χ2v) is 6.07. The first-order valence-electron chi connectivity index (χ1n) is 7.54. The minimum atomic E-state index is -0.738. The molecule has 0 saturated heterocycles. The number of aromatic nitrogens is 1. The van der Waals surface area contributed by atoms with E-state index in [1.807, 2.05) is 6.92 Å². The second kappa shape index (κ2) is 8.22. The van der Waals surface area contributed by atoms with Gasteiger partial charge in [0.2, 0.25) is 5.91 Å². The number of halogens is 2. The molecule has 0 aliphatic heterocycles. The van der Waals surface area contributed by atoms with Crippen LogP contribution in [0.15, 0.2) is 41.3 Å². The summed E-state index contributed by atoms with van der Waals surface area (Å²) in [5.41, 5.74) is 0.0400. The van der Waals surface area contributed by atoms with Crippen molar-refractivity contribution < 1.29 is 9.53 Å². The summed E-state index contributed by atoms with van der Waals surface area (Å²) < 4.78 is 6.72. The van der Waals surface area contributed by atoms with Gasteiger partial charge in [0.25, 0.3) is 5.56 Å². The molecule has 0 radical (unpaired) electrons. The molecule has 1 unspecified atom stereocenters. The Bertz CT molecular complexity index is 790. The SMILES string of the molecule is CCCOc1cccn(C(C)C(=O)Nc2cc(Cl)ccc2Cl)c1=O. The van der Waals surface area contributed by atoms with Crippen LogP contribution in [0.3, 0.4) is 0 Å². The van der Waals surface area contributed by atoms with Crippen molar-refractivity contribution in [2.75, 3.05) is 11.9 Å². The number of amides is 1. The number of ether oxygens (including phenoxy) is 1. The quantitative estimate of drug-likeness (QED) is 0.833. The predicted octanol–water partition coefficient (Wildman–Crippen LogP) is 4.14. The van der Waals surface area contributed by atoms with Crippen molar-refractivity contribution in [3.8, 4) is 5.75 Å². The van der Waals surface area contributed by atoms with Crippen molar-refractivity contribution in [3.63, 3.8) is 0 Å². The van der Waals surface area contributed by atoms with E-state index >= 15 is 0 Å². The fraction of sp³-hybridized carbons (Fsp3) is 0.294. The third kappa shape index (κ3) is 4.30. The van der Waals surface area contributed by atoms with E-state index in [-0.39, 0.29) is 17.2 Å². The van der Waals surface area contributed by atoms with Crippen molar-refractivity contribution in [1.29, 1.82) is 0 Å². The van der Waals surface area contributed by atoms with Crippen molar-refractivity contribution in [3.05, 3.63) is 56.9 Å². The summed E-state index contributed by atoms with van der Waals surface area (Å²) in [7, 11) is 0. The molecule has 128 valence electrons. The van der Waals surface area contributed by atoms with Gasteiger partial charge >= 0.3 is 0 Å². The van der Waals surface area contributed by atoms with Gasteiger partial charge in [-0.1, -0.05) is 30.1 Å². The topological polar surface area (TPSA) is 60.3 Å². The second-order valence-electron chi connectivity index (χ2n) is 5.22. The molecule has 2 aromatic rings. The van der Waals surface area contributed by atoms with Gasteiger partial charge in [0.05, 0.1) is 17.3 Å². The molecule has 0 bridgehead atoms. The summed E-state index contributed by atoms with van der Waals surface area (Å²) in [4.78, 5) is 24.8. The van der Waals surface area contributed by atoms with Gasteiger partial charge in [0.1, 0.15) is 6.04 Å². The Balaban J connectivity index is 2.22. The normalized spacial score (nSPS) is 11.8. The molecule has 0 fully saturated rings. The van der Waals surface area contributed by atoms with E-state index in [0.717, 1.165) is 6.42 Å². The first kappa shape index (κ1) is 18.4. The molecule has 24 heavy (non-hydrogen) atoms. The maximum Gasteiger partial charge on any atom is 0.293 e. The smallest absolute Gasteiger partial charge is 0.293 e. The Labute approximate surface area is 150 Å². The summed E-state index contributed by atoms with van der Waals surface area (Å²) in [6.45, 7) is 4.02. The van der Waals surface area contributed by atoms with E-state index in [0.29, 0.717) is 22.3 Å². The highest BCUT2D eigenvalue weighted by Crippen LogP contribution is 2.26. The molecule has 7 heteroatoms. The Kier molecular flexibility index (Phi) is 6.29. The highest BCUT2D eigenvalue weighted by atomic mass is 35.5. The zero-order valence-corrected chi connectivity index (χ0v) is 14.9. The number of nitrogens with one attached hydrogen (secondary N) is 1. The molecule has 0 aliphatic carbocycles. The zero-order valence-electron chi connectivity index (χ0n) is 13.4. The summed E-state index contributed by atoms with van der Waals surface area (Å²) >= 11 is 12.0. The van der Waals surface area contributed by atoms with E-state index in [1.165, 1.54) is 4.57 Å². The Hall–Kier alpha value is -1.98. The van der Waals surface area contributed by atoms with Crippen LogP contribution in [-0.2, 0) is 4.79 Å². The van der Waals surface area contributed by atoms with Crippen LogP contribution < -0.4 is 15.6 Å². The number of carbonyl (C=O) groups is 1. The lowest BCUT2D eigenvalue weighted by Gasteiger charge is -2.17. The monoisotopic (exact) mass is 368 g/mol. The van der Waals surface area contributed by atoms with E-state index in [2.05, 4.69) is 5.32 Å². The van der Waals surface area contributed by atoms with Gasteiger partial charge in [-0.2, -0.15) is 0 Å². The number of carbonyl (C=O) groups excluding carboxylic acids is 1. The highest BCUT2D eigenvalue weighted by Gasteiger charge is 2.18. The van der Waals surface area contributed by atoms with Crippen LogP contribution in [0.5, 0.6) is 5.75 Å². The lowest BCUT2D eigenvalue weighted by molar-refractivity contribution is -0.118. The van der Waals surface area contributed by atoms with Crippen LogP contribution in [0.25, 0.3) is 0 Å². The molecule has 0 aliphatic rings. The largest absolute Gasteiger partial charge is 0.488 e. The molecule has 2 rings (SSSR count). The summed E-state index contributed by atoms with van der Waals surface area (Å²) in [5.74, 6) is -0.159. The third-order valence-electron chi connectivity index (χ3n) is 3.38. The molecular weight excluding hydrogens is 351 g/mol. The Morgan fingerprint density at radius 1 is 1.33 bits per heavy atom. The third-order valence-corrected chi connectivity index (χ3v) is 3.95. The molecule has 1 heterocycles. The fourth-order valence-corrected chi connectivity index (χ4v) is 2.41. The van der Waals surface area contributed by atoms with Gasteiger partial charge in [-0.3, -0.25) is 9.59 Å². The maximum absolute atomic E-state index is 12.4. The lowest BCUT2D eigenvalue weighted by Crippen LogP contribution is -2.31. The van der Waals surface area contributed by atoms with Gasteiger partial charge in [0, 0.05) is 11.2 Å². The van der Waals surface area contributed by atoms with Crippen LogP contribution in [0.2, 0.25) is 10.0 Å². The summed E-state index contributed by atoms with van der Waals surface area (Å²) in [6.07, 6.45) is 2.34. The number of nitrogens with zero attached hydrogens (tertiary/aromatic N) is 1. The van der Waals surface area contributed by atoms with E-state index in [4.69, 9.17) is 27.9 Å². The first-order valence-corrected chi connectivity index (χ1v) is 8.29. The number of anilines is 1. The number of benzene rings is 1. The average Bonchev–Trinajstić information content (AvgIpc) is 2.56. The molecule has 1 aromatic heterocycles. The van der Waals surface area contributed by atoms with Crippen molar-refractivity contribution >= 4 is 34.8 Å². The van der Waals surface area contributed by atoms with Crippen LogP contribution in [0, 0.1) is 0 Å². The minimum absolute atomic E-state index is 0.222. The lowest BCUT2D eigenvalue weighted by atomic mass is 10.2. The molecule has 1 amide bonds. The number of pyridine rings is 1. The molecule has 5 nitrogen and oxygen atoms in total. The first-order chi connectivity index (χ1) is 11.4. The van der Waals surface area contributed by atoms with E-state index in [9.17, 15) is 9.59 Å². The molecule has 1 aromatic carbocycles. The minimum Gasteiger partial charge on any atom is -0.488 e. The number of hydrogen-bond donors (Lipinski definition) is 1. The summed E-state index contributed by atoms with van der Waals surface area (Å²) in [6, 6.07) is 7.29. The van der Waals surface area contributed by atoms with E-state index in [1.54, 1.807) is 43.5 Å². The average molecular weight is 369 g/mol. The molecule has 1 N–H and O–H groups in total. The molecule has 1 atom stereocenters. The Morgan fingerprint density at radius 3 is 2.79 bits per heavy atom. The number of rotatable bonds is 6. The van der Waals surface area contributed by atoms with Crippen molar-refractivity contribution in [2.45, 2.75) is 26.3 Å². The van der Waals surface area contributed by atoms with Gasteiger partial charge < -0.3 is 14.6 Å². The Morgan fingerprint density at radius 2 is 2.08 bits per heavy atom. The van der Waals surface area contributed by atoms with Crippen LogP contribution in [0.4, 0.5) is 5.69 Å². The van der Waals surface area contributed by atoms with E-state index < -0.39 is 6.04 Å². The number of hydrogen-bond acceptors (Lipinski definition) is 3. The maximum atomic E-state index is 12.4. The fourth-order valence-electron chi connectivity index (χ4n) is 2.07. The highest BCUT2D eigenvalue weighted by molar-refractivity contribution is 6.35. The molecule has 0 spiro atoms.